The van der Waals surface area contributed by atoms with E-state index < -0.39 is 0 Å². The van der Waals surface area contributed by atoms with Gasteiger partial charge in [0.1, 0.15) is 0 Å². The van der Waals surface area contributed by atoms with E-state index in [-0.39, 0.29) is 11.9 Å². The van der Waals surface area contributed by atoms with Gasteiger partial charge in [-0.2, -0.15) is 0 Å². The zero-order valence-corrected chi connectivity index (χ0v) is 12.0. The van der Waals surface area contributed by atoms with Gasteiger partial charge < -0.3 is 10.1 Å². The fraction of sp³-hybridized carbons (Fsp3) is 0.933. The second-order valence-electron chi connectivity index (χ2n) is 5.33. The molecule has 0 aliphatic heterocycles. The summed E-state index contributed by atoms with van der Waals surface area (Å²) < 4.78 is 5.01. The molecule has 18 heavy (non-hydrogen) atoms. The molecule has 0 radical (unpaired) electrons. The summed E-state index contributed by atoms with van der Waals surface area (Å²) in [6.07, 6.45) is 9.04. The molecule has 0 bridgehead atoms. The van der Waals surface area contributed by atoms with Crippen molar-refractivity contribution in [1.82, 2.24) is 5.32 Å². The van der Waals surface area contributed by atoms with Crippen LogP contribution < -0.4 is 5.32 Å². The molecule has 1 saturated carbocycles. The normalized spacial score (nSPS) is 21.9. The molecule has 2 atom stereocenters. The monoisotopic (exact) mass is 255 g/mol. The van der Waals surface area contributed by atoms with Gasteiger partial charge >= 0.3 is 5.97 Å². The molecule has 1 rings (SSSR count). The summed E-state index contributed by atoms with van der Waals surface area (Å²) >= 11 is 0. The Morgan fingerprint density at radius 3 is 2.61 bits per heavy atom. The molecule has 106 valence electrons. The number of esters is 1. The number of hydrogen-bond acceptors (Lipinski definition) is 3. The lowest BCUT2D eigenvalue weighted by Gasteiger charge is -2.04. The van der Waals surface area contributed by atoms with Crippen LogP contribution in [0.25, 0.3) is 0 Å². The highest BCUT2D eigenvalue weighted by atomic mass is 16.5. The third kappa shape index (κ3) is 6.39. The topological polar surface area (TPSA) is 38.3 Å². The Morgan fingerprint density at radius 2 is 1.89 bits per heavy atom. The molecule has 0 saturated heterocycles. The van der Waals surface area contributed by atoms with E-state index in [9.17, 15) is 4.79 Å². The molecule has 1 fully saturated rings. The highest BCUT2D eigenvalue weighted by Gasteiger charge is 2.43. The first kappa shape index (κ1) is 15.5. The fourth-order valence-corrected chi connectivity index (χ4v) is 2.33. The molecule has 1 N–H and O–H groups in total. The lowest BCUT2D eigenvalue weighted by atomic mass is 10.1. The summed E-state index contributed by atoms with van der Waals surface area (Å²) in [7, 11) is 0. The lowest BCUT2D eigenvalue weighted by molar-refractivity contribution is -0.145. The van der Waals surface area contributed by atoms with Crippen LogP contribution in [0.3, 0.4) is 0 Å². The highest BCUT2D eigenvalue weighted by Crippen LogP contribution is 2.38. The third-order valence-corrected chi connectivity index (χ3v) is 3.63. The Kier molecular flexibility index (Phi) is 8.06. The first-order valence-electron chi connectivity index (χ1n) is 7.66. The maximum atomic E-state index is 11.4. The average molecular weight is 255 g/mol. The Hall–Kier alpha value is -0.570. The van der Waals surface area contributed by atoms with Gasteiger partial charge in [-0.25, -0.2) is 0 Å². The van der Waals surface area contributed by atoms with E-state index in [1.54, 1.807) is 0 Å². The minimum atomic E-state index is 0.00358. The van der Waals surface area contributed by atoms with E-state index in [1.807, 2.05) is 6.92 Å². The number of carbonyl (C=O) groups excluding carboxylic acids is 1. The molecule has 1 aliphatic carbocycles. The van der Waals surface area contributed by atoms with E-state index in [0.29, 0.717) is 12.5 Å². The van der Waals surface area contributed by atoms with Crippen molar-refractivity contribution in [2.45, 2.75) is 58.8 Å². The van der Waals surface area contributed by atoms with Crippen molar-refractivity contribution in [2.24, 2.45) is 11.8 Å². The quantitative estimate of drug-likeness (QED) is 0.455. The van der Waals surface area contributed by atoms with E-state index >= 15 is 0 Å². The summed E-state index contributed by atoms with van der Waals surface area (Å²) in [5.74, 6) is 0.718. The van der Waals surface area contributed by atoms with Gasteiger partial charge in [0.25, 0.3) is 0 Å². The molecule has 3 nitrogen and oxygen atoms in total. The molecule has 0 spiro atoms. The third-order valence-electron chi connectivity index (χ3n) is 3.63. The molecule has 0 aromatic heterocycles. The van der Waals surface area contributed by atoms with Gasteiger partial charge in [-0.15, -0.1) is 0 Å². The van der Waals surface area contributed by atoms with Crippen molar-refractivity contribution >= 4 is 5.97 Å². The molecule has 1 aliphatic rings. The summed E-state index contributed by atoms with van der Waals surface area (Å²) in [6, 6.07) is 0. The predicted molar refractivity (Wildman–Crippen MR) is 74.5 cm³/mol. The second kappa shape index (κ2) is 9.37. The van der Waals surface area contributed by atoms with Crippen LogP contribution in [-0.2, 0) is 9.53 Å². The Balaban J connectivity index is 1.84. The molecule has 0 amide bonds. The van der Waals surface area contributed by atoms with Crippen molar-refractivity contribution in [1.29, 1.82) is 0 Å². The number of unbranched alkanes of at least 4 members (excludes halogenated alkanes) is 5. The van der Waals surface area contributed by atoms with E-state index in [1.165, 1.54) is 38.5 Å². The van der Waals surface area contributed by atoms with Gasteiger partial charge in [0.2, 0.25) is 0 Å². The molecule has 0 aromatic rings. The number of ether oxygens (including phenoxy) is 1. The van der Waals surface area contributed by atoms with Gasteiger partial charge in [0, 0.05) is 0 Å². The van der Waals surface area contributed by atoms with Crippen LogP contribution in [0.5, 0.6) is 0 Å². The van der Waals surface area contributed by atoms with Crippen LogP contribution in [0.15, 0.2) is 0 Å². The molecular weight excluding hydrogens is 226 g/mol. The van der Waals surface area contributed by atoms with Crippen molar-refractivity contribution in [3.63, 3.8) is 0 Å². The molecule has 3 heteroatoms. The largest absolute Gasteiger partial charge is 0.466 e. The smallest absolute Gasteiger partial charge is 0.309 e. The lowest BCUT2D eigenvalue weighted by Crippen LogP contribution is -2.20. The Bertz CT molecular complexity index is 231. The molecule has 0 heterocycles. The maximum Gasteiger partial charge on any atom is 0.309 e. The van der Waals surface area contributed by atoms with Crippen molar-refractivity contribution in [2.75, 3.05) is 19.7 Å². The molecule has 2 unspecified atom stereocenters. The fourth-order valence-electron chi connectivity index (χ4n) is 2.33. The first-order valence-corrected chi connectivity index (χ1v) is 7.66. The molecule has 0 aromatic carbocycles. The maximum absolute atomic E-state index is 11.4. The van der Waals surface area contributed by atoms with Crippen LogP contribution in [-0.4, -0.2) is 25.7 Å². The van der Waals surface area contributed by atoms with E-state index in [2.05, 4.69) is 12.2 Å². The first-order chi connectivity index (χ1) is 8.79. The minimum Gasteiger partial charge on any atom is -0.466 e. The SMILES string of the molecule is CCCCCCCCNCC1CC1C(=O)OCC. The zero-order valence-electron chi connectivity index (χ0n) is 12.0. The second-order valence-corrected chi connectivity index (χ2v) is 5.33. The van der Waals surface area contributed by atoms with Crippen LogP contribution in [0, 0.1) is 11.8 Å². The van der Waals surface area contributed by atoms with Gasteiger partial charge in [0.05, 0.1) is 12.5 Å². The highest BCUT2D eigenvalue weighted by molar-refractivity contribution is 5.75. The van der Waals surface area contributed by atoms with Gasteiger partial charge in [-0.05, 0) is 38.8 Å². The van der Waals surface area contributed by atoms with Crippen molar-refractivity contribution in [3.05, 3.63) is 0 Å². The number of hydrogen-bond donors (Lipinski definition) is 1. The minimum absolute atomic E-state index is 0.00358. The van der Waals surface area contributed by atoms with E-state index in [4.69, 9.17) is 4.74 Å². The number of rotatable bonds is 11. The summed E-state index contributed by atoms with van der Waals surface area (Å²) in [5.41, 5.74) is 0. The molecular formula is C15H29NO2. The van der Waals surface area contributed by atoms with Crippen LogP contribution >= 0.6 is 0 Å². The summed E-state index contributed by atoms with van der Waals surface area (Å²) in [5, 5.41) is 3.46. The van der Waals surface area contributed by atoms with Gasteiger partial charge in [-0.3, -0.25) is 4.79 Å². The number of carbonyl (C=O) groups is 1. The number of nitrogens with one attached hydrogen (secondary N) is 1. The average Bonchev–Trinajstić information content (AvgIpc) is 3.12. The Labute approximate surface area is 112 Å². The zero-order chi connectivity index (χ0) is 13.2. The van der Waals surface area contributed by atoms with Gasteiger partial charge in [0.15, 0.2) is 0 Å². The van der Waals surface area contributed by atoms with Crippen LogP contribution in [0.1, 0.15) is 58.8 Å². The standard InChI is InChI=1S/C15H29NO2/c1-3-5-6-7-8-9-10-16-12-13-11-14(13)15(17)18-4-2/h13-14,16H,3-12H2,1-2H3. The van der Waals surface area contributed by atoms with Gasteiger partial charge in [-0.1, -0.05) is 39.0 Å². The van der Waals surface area contributed by atoms with Crippen molar-refractivity contribution < 1.29 is 9.53 Å². The van der Waals surface area contributed by atoms with Crippen LogP contribution in [0.2, 0.25) is 0 Å². The van der Waals surface area contributed by atoms with Crippen molar-refractivity contribution in [3.8, 4) is 0 Å². The predicted octanol–water partition coefficient (Wildman–Crippen LogP) is 3.14. The summed E-state index contributed by atoms with van der Waals surface area (Å²) in [6.45, 7) is 6.70. The van der Waals surface area contributed by atoms with Crippen LogP contribution in [0.4, 0.5) is 0 Å². The Morgan fingerprint density at radius 1 is 1.17 bits per heavy atom. The summed E-state index contributed by atoms with van der Waals surface area (Å²) in [4.78, 5) is 11.4. The van der Waals surface area contributed by atoms with E-state index in [0.717, 1.165) is 19.5 Å².